The van der Waals surface area contributed by atoms with Crippen molar-refractivity contribution >= 4 is 33.3 Å². The molecule has 7 heteroatoms. The van der Waals surface area contributed by atoms with Crippen molar-refractivity contribution in [1.82, 2.24) is 0 Å². The lowest BCUT2D eigenvalue weighted by molar-refractivity contribution is -0.133. The summed E-state index contributed by atoms with van der Waals surface area (Å²) in [5.41, 5.74) is 0.539. The van der Waals surface area contributed by atoms with Crippen LogP contribution in [-0.2, 0) is 19.6 Å². The van der Waals surface area contributed by atoms with E-state index in [9.17, 15) is 13.2 Å². The molecule has 1 aromatic rings. The van der Waals surface area contributed by atoms with Gasteiger partial charge in [-0.2, -0.15) is 0 Å². The lowest BCUT2D eigenvalue weighted by Crippen LogP contribution is -2.10. The fourth-order valence-electron chi connectivity index (χ4n) is 1.08. The number of esters is 1. The van der Waals surface area contributed by atoms with Crippen molar-refractivity contribution in [3.05, 3.63) is 28.8 Å². The Morgan fingerprint density at radius 1 is 1.44 bits per heavy atom. The van der Waals surface area contributed by atoms with Crippen molar-refractivity contribution < 1.29 is 17.9 Å². The van der Waals surface area contributed by atoms with E-state index in [0.717, 1.165) is 6.26 Å². The molecule has 0 unspecified atom stereocenters. The minimum absolute atomic E-state index is 0.248. The van der Waals surface area contributed by atoms with Crippen molar-refractivity contribution in [3.63, 3.8) is 0 Å². The second-order valence-electron chi connectivity index (χ2n) is 3.31. The first-order valence-corrected chi connectivity index (χ1v) is 6.96. The summed E-state index contributed by atoms with van der Waals surface area (Å²) in [5, 5.41) is 0.378. The molecule has 0 amide bonds. The molecule has 18 heavy (non-hydrogen) atoms. The summed E-state index contributed by atoms with van der Waals surface area (Å²) in [6.45, 7) is 0. The third-order valence-corrected chi connectivity index (χ3v) is 2.59. The number of hydrogen-bond donors (Lipinski definition) is 1. The molecule has 0 heterocycles. The SMILES string of the molecule is COC(=O)C#Cc1cc(Cl)ccc1NS(C)(=O)=O. The number of anilines is 1. The molecule has 0 spiro atoms. The van der Waals surface area contributed by atoms with Gasteiger partial charge in [-0.25, -0.2) is 13.2 Å². The van der Waals surface area contributed by atoms with Crippen LogP contribution in [0.5, 0.6) is 0 Å². The van der Waals surface area contributed by atoms with Crippen LogP contribution in [0.2, 0.25) is 5.02 Å². The van der Waals surface area contributed by atoms with Gasteiger partial charge < -0.3 is 4.74 Å². The van der Waals surface area contributed by atoms with Gasteiger partial charge in [-0.05, 0) is 18.2 Å². The maximum Gasteiger partial charge on any atom is 0.384 e. The molecule has 0 aliphatic heterocycles. The predicted molar refractivity (Wildman–Crippen MR) is 68.8 cm³/mol. The van der Waals surface area contributed by atoms with E-state index in [1.165, 1.54) is 25.3 Å². The molecule has 0 aromatic heterocycles. The van der Waals surface area contributed by atoms with Crippen LogP contribution < -0.4 is 4.72 Å². The average Bonchev–Trinajstić information content (AvgIpc) is 2.27. The zero-order valence-electron chi connectivity index (χ0n) is 9.65. The molecule has 1 aromatic carbocycles. The number of sulfonamides is 1. The highest BCUT2D eigenvalue weighted by Crippen LogP contribution is 2.20. The van der Waals surface area contributed by atoms with Gasteiger partial charge in [0.2, 0.25) is 10.0 Å². The molecule has 5 nitrogen and oxygen atoms in total. The topological polar surface area (TPSA) is 72.5 Å². The molecule has 0 aliphatic carbocycles. The molecule has 0 saturated heterocycles. The second kappa shape index (κ2) is 5.76. The van der Waals surface area contributed by atoms with Crippen LogP contribution in [0.3, 0.4) is 0 Å². The molecule has 0 fully saturated rings. The van der Waals surface area contributed by atoms with E-state index in [-0.39, 0.29) is 5.69 Å². The van der Waals surface area contributed by atoms with Crippen molar-refractivity contribution in [2.75, 3.05) is 18.1 Å². The van der Waals surface area contributed by atoms with Gasteiger partial charge in [0, 0.05) is 10.9 Å². The number of methoxy groups -OCH3 is 1. The molecular weight excluding hydrogens is 278 g/mol. The summed E-state index contributed by atoms with van der Waals surface area (Å²) >= 11 is 5.78. The summed E-state index contributed by atoms with van der Waals surface area (Å²) < 4.78 is 28.9. The summed E-state index contributed by atoms with van der Waals surface area (Å²) in [5.74, 6) is 3.97. The minimum Gasteiger partial charge on any atom is -0.459 e. The van der Waals surface area contributed by atoms with E-state index in [4.69, 9.17) is 11.6 Å². The average molecular weight is 288 g/mol. The normalized spacial score (nSPS) is 10.2. The summed E-state index contributed by atoms with van der Waals surface area (Å²) in [7, 11) is -2.23. The zero-order valence-corrected chi connectivity index (χ0v) is 11.2. The van der Waals surface area contributed by atoms with E-state index in [1.54, 1.807) is 0 Å². The maximum atomic E-state index is 11.1. The third kappa shape index (κ3) is 4.65. The van der Waals surface area contributed by atoms with Crippen LogP contribution in [-0.4, -0.2) is 27.8 Å². The number of carbonyl (C=O) groups is 1. The highest BCUT2D eigenvalue weighted by atomic mass is 35.5. The fourth-order valence-corrected chi connectivity index (χ4v) is 1.83. The monoisotopic (exact) mass is 287 g/mol. The Balaban J connectivity index is 3.18. The van der Waals surface area contributed by atoms with Crippen LogP contribution in [0.15, 0.2) is 18.2 Å². The van der Waals surface area contributed by atoms with Crippen LogP contribution in [0.1, 0.15) is 5.56 Å². The fraction of sp³-hybridized carbons (Fsp3) is 0.182. The molecule has 0 saturated carbocycles. The van der Waals surface area contributed by atoms with Gasteiger partial charge in [0.15, 0.2) is 0 Å². The van der Waals surface area contributed by atoms with Gasteiger partial charge >= 0.3 is 5.97 Å². The van der Waals surface area contributed by atoms with Gasteiger partial charge in [-0.3, -0.25) is 4.72 Å². The summed E-state index contributed by atoms with van der Waals surface area (Å²) in [4.78, 5) is 10.9. The number of rotatable bonds is 2. The molecule has 1 rings (SSSR count). The minimum atomic E-state index is -3.43. The number of nitrogens with one attached hydrogen (secondary N) is 1. The Hall–Kier alpha value is -1.71. The highest BCUT2D eigenvalue weighted by molar-refractivity contribution is 7.92. The zero-order chi connectivity index (χ0) is 13.8. The largest absolute Gasteiger partial charge is 0.459 e. The smallest absolute Gasteiger partial charge is 0.384 e. The van der Waals surface area contributed by atoms with Crippen LogP contribution in [0.4, 0.5) is 5.69 Å². The van der Waals surface area contributed by atoms with E-state index < -0.39 is 16.0 Å². The van der Waals surface area contributed by atoms with Gasteiger partial charge in [-0.1, -0.05) is 17.5 Å². The Morgan fingerprint density at radius 3 is 2.67 bits per heavy atom. The standard InChI is InChI=1S/C11H10ClNO4S/c1-17-11(14)6-3-8-7-9(12)4-5-10(8)13-18(2,15)16/h4-5,7,13H,1-2H3. The van der Waals surface area contributed by atoms with Crippen molar-refractivity contribution in [1.29, 1.82) is 0 Å². The van der Waals surface area contributed by atoms with Gasteiger partial charge in [0.05, 0.1) is 24.6 Å². The van der Waals surface area contributed by atoms with Gasteiger partial charge in [0.1, 0.15) is 0 Å². The Morgan fingerprint density at radius 2 is 2.11 bits per heavy atom. The molecular formula is C11H10ClNO4S. The maximum absolute atomic E-state index is 11.1. The van der Waals surface area contributed by atoms with E-state index in [0.29, 0.717) is 10.6 Å². The van der Waals surface area contributed by atoms with Crippen molar-refractivity contribution in [3.8, 4) is 11.8 Å². The Kier molecular flexibility index (Phi) is 4.59. The van der Waals surface area contributed by atoms with Crippen molar-refractivity contribution in [2.45, 2.75) is 0 Å². The quantitative estimate of drug-likeness (QED) is 0.656. The van der Waals surface area contributed by atoms with Gasteiger partial charge in [0.25, 0.3) is 0 Å². The lowest BCUT2D eigenvalue weighted by Gasteiger charge is -2.06. The van der Waals surface area contributed by atoms with E-state index in [1.807, 2.05) is 0 Å². The number of carbonyl (C=O) groups excluding carboxylic acids is 1. The van der Waals surface area contributed by atoms with Crippen LogP contribution in [0.25, 0.3) is 0 Å². The highest BCUT2D eigenvalue weighted by Gasteiger charge is 2.07. The Bertz CT molecular complexity index is 628. The van der Waals surface area contributed by atoms with Crippen LogP contribution >= 0.6 is 11.6 Å². The molecule has 0 aliphatic rings. The number of benzene rings is 1. The molecule has 1 N–H and O–H groups in total. The molecule has 0 atom stereocenters. The van der Waals surface area contributed by atoms with Crippen LogP contribution in [0, 0.1) is 11.8 Å². The number of halogens is 1. The van der Waals surface area contributed by atoms with Gasteiger partial charge in [-0.15, -0.1) is 0 Å². The molecule has 0 bridgehead atoms. The number of hydrogen-bond acceptors (Lipinski definition) is 4. The first-order valence-electron chi connectivity index (χ1n) is 4.69. The van der Waals surface area contributed by atoms with E-state index >= 15 is 0 Å². The first kappa shape index (κ1) is 14.4. The summed E-state index contributed by atoms with van der Waals surface area (Å²) in [6, 6.07) is 4.42. The van der Waals surface area contributed by atoms with Crippen molar-refractivity contribution in [2.24, 2.45) is 0 Å². The number of ether oxygens (including phenoxy) is 1. The molecule has 0 radical (unpaired) electrons. The first-order chi connectivity index (χ1) is 8.31. The Labute approximate surface area is 110 Å². The predicted octanol–water partition coefficient (Wildman–Crippen LogP) is 1.24. The molecule has 96 valence electrons. The second-order valence-corrected chi connectivity index (χ2v) is 5.49. The summed E-state index contributed by atoms with van der Waals surface area (Å²) in [6.07, 6.45) is 1.01. The van der Waals surface area contributed by atoms with E-state index in [2.05, 4.69) is 21.3 Å². The lowest BCUT2D eigenvalue weighted by atomic mass is 10.2. The third-order valence-electron chi connectivity index (χ3n) is 1.76.